The van der Waals surface area contributed by atoms with Crippen molar-refractivity contribution in [2.45, 2.75) is 34.6 Å². The molecule has 6 nitrogen and oxygen atoms in total. The summed E-state index contributed by atoms with van der Waals surface area (Å²) in [5.74, 6) is 0.456. The first-order valence-electron chi connectivity index (χ1n) is 9.59. The van der Waals surface area contributed by atoms with Crippen molar-refractivity contribution in [3.63, 3.8) is 0 Å². The summed E-state index contributed by atoms with van der Waals surface area (Å²) in [6.45, 7) is 14.6. The van der Waals surface area contributed by atoms with E-state index >= 15 is 0 Å². The topological polar surface area (TPSA) is 61.4 Å². The van der Waals surface area contributed by atoms with E-state index in [1.54, 1.807) is 6.07 Å². The lowest BCUT2D eigenvalue weighted by Crippen LogP contribution is -2.48. The first-order chi connectivity index (χ1) is 12.9. The molecule has 27 heavy (non-hydrogen) atoms. The van der Waals surface area contributed by atoms with E-state index < -0.39 is 0 Å². The number of hydrogen-bond donors (Lipinski definition) is 1. The molecule has 1 saturated heterocycles. The molecule has 1 aromatic heterocycles. The largest absolute Gasteiger partial charge is 0.335 e. The van der Waals surface area contributed by atoms with Crippen LogP contribution >= 0.6 is 0 Å². The van der Waals surface area contributed by atoms with Crippen LogP contribution in [0.2, 0.25) is 0 Å². The quantitative estimate of drug-likeness (QED) is 0.899. The molecule has 2 heterocycles. The van der Waals surface area contributed by atoms with Gasteiger partial charge in [-0.25, -0.2) is 9.97 Å². The van der Waals surface area contributed by atoms with E-state index in [0.29, 0.717) is 11.6 Å². The van der Waals surface area contributed by atoms with Crippen LogP contribution in [0.25, 0.3) is 0 Å². The monoisotopic (exact) mass is 367 g/mol. The molecular weight excluding hydrogens is 338 g/mol. The second-order valence-corrected chi connectivity index (χ2v) is 7.34. The highest BCUT2D eigenvalue weighted by molar-refractivity contribution is 5.92. The van der Waals surface area contributed by atoms with Gasteiger partial charge in [0.15, 0.2) is 0 Å². The van der Waals surface area contributed by atoms with Crippen molar-refractivity contribution in [3.8, 4) is 0 Å². The number of carbonyl (C=O) groups is 1. The lowest BCUT2D eigenvalue weighted by molar-refractivity contribution is 0.0637. The van der Waals surface area contributed by atoms with Crippen LogP contribution in [0.3, 0.4) is 0 Å². The number of piperazine rings is 1. The number of rotatable bonds is 4. The second kappa shape index (κ2) is 8.05. The molecule has 144 valence electrons. The van der Waals surface area contributed by atoms with Crippen molar-refractivity contribution >= 4 is 17.5 Å². The number of nitrogens with one attached hydrogen (secondary N) is 1. The number of anilines is 2. The van der Waals surface area contributed by atoms with Crippen LogP contribution < -0.4 is 5.32 Å². The number of aryl methyl sites for hydroxylation is 4. The predicted molar refractivity (Wildman–Crippen MR) is 109 cm³/mol. The van der Waals surface area contributed by atoms with Gasteiger partial charge in [-0.1, -0.05) is 24.6 Å². The van der Waals surface area contributed by atoms with Gasteiger partial charge in [-0.2, -0.15) is 0 Å². The van der Waals surface area contributed by atoms with Crippen LogP contribution in [0.4, 0.5) is 11.6 Å². The van der Waals surface area contributed by atoms with Crippen molar-refractivity contribution < 1.29 is 4.79 Å². The molecule has 1 amide bonds. The highest BCUT2D eigenvalue weighted by Crippen LogP contribution is 2.25. The molecule has 1 aromatic carbocycles. The summed E-state index contributed by atoms with van der Waals surface area (Å²) < 4.78 is 0. The lowest BCUT2D eigenvalue weighted by Gasteiger charge is -2.33. The maximum Gasteiger partial charge on any atom is 0.272 e. The standard InChI is InChI=1S/C21H29N5O/c1-6-25-7-9-26(10-8-25)20(27)18-13-17(5)22-21(23-18)24-19-15(3)11-14(2)12-16(19)4/h11-13H,6-10H2,1-5H3,(H,22,23,24). The van der Waals surface area contributed by atoms with Gasteiger partial charge in [0.05, 0.1) is 0 Å². The third-order valence-electron chi connectivity index (χ3n) is 5.09. The highest BCUT2D eigenvalue weighted by Gasteiger charge is 2.23. The Morgan fingerprint density at radius 2 is 1.63 bits per heavy atom. The van der Waals surface area contributed by atoms with E-state index in [4.69, 9.17) is 0 Å². The predicted octanol–water partition coefficient (Wildman–Crippen LogP) is 3.23. The van der Waals surface area contributed by atoms with Crippen LogP contribution in [0.1, 0.15) is 39.8 Å². The number of carbonyl (C=O) groups excluding carboxylic acids is 1. The van der Waals surface area contributed by atoms with Gasteiger partial charge < -0.3 is 15.1 Å². The third kappa shape index (κ3) is 4.45. The van der Waals surface area contributed by atoms with E-state index in [9.17, 15) is 4.79 Å². The average molecular weight is 367 g/mol. The summed E-state index contributed by atoms with van der Waals surface area (Å²) in [5, 5.41) is 3.32. The summed E-state index contributed by atoms with van der Waals surface area (Å²) >= 11 is 0. The SMILES string of the molecule is CCN1CCN(C(=O)c2cc(C)nc(Nc3c(C)cc(C)cc3C)n2)CC1. The van der Waals surface area contributed by atoms with Gasteiger partial charge in [-0.3, -0.25) is 4.79 Å². The minimum atomic E-state index is -0.0170. The maximum absolute atomic E-state index is 12.9. The van der Waals surface area contributed by atoms with E-state index in [1.165, 1.54) is 5.56 Å². The van der Waals surface area contributed by atoms with Crippen LogP contribution in [0, 0.1) is 27.7 Å². The molecule has 0 spiro atoms. The first-order valence-corrected chi connectivity index (χ1v) is 9.59. The minimum Gasteiger partial charge on any atom is -0.335 e. The van der Waals surface area contributed by atoms with Gasteiger partial charge in [0.25, 0.3) is 5.91 Å². The van der Waals surface area contributed by atoms with Crippen molar-refractivity contribution in [2.24, 2.45) is 0 Å². The molecule has 0 aliphatic carbocycles. The number of aromatic nitrogens is 2. The summed E-state index contributed by atoms with van der Waals surface area (Å²) in [6.07, 6.45) is 0. The number of nitrogens with zero attached hydrogens (tertiary/aromatic N) is 4. The van der Waals surface area contributed by atoms with E-state index in [0.717, 1.165) is 55.2 Å². The van der Waals surface area contributed by atoms with Crippen LogP contribution in [0.5, 0.6) is 0 Å². The first kappa shape index (κ1) is 19.3. The summed E-state index contributed by atoms with van der Waals surface area (Å²) in [6, 6.07) is 6.03. The van der Waals surface area contributed by atoms with Crippen LogP contribution in [-0.4, -0.2) is 58.4 Å². The smallest absolute Gasteiger partial charge is 0.272 e. The molecule has 0 saturated carbocycles. The Kier molecular flexibility index (Phi) is 5.75. The molecule has 1 aliphatic heterocycles. The van der Waals surface area contributed by atoms with Gasteiger partial charge in [0.2, 0.25) is 5.95 Å². The Labute approximate surface area is 161 Å². The molecule has 0 bridgehead atoms. The van der Waals surface area contributed by atoms with E-state index in [2.05, 4.69) is 60.0 Å². The van der Waals surface area contributed by atoms with Gasteiger partial charge in [0.1, 0.15) is 5.69 Å². The molecular formula is C21H29N5O. The molecule has 3 rings (SSSR count). The van der Waals surface area contributed by atoms with Gasteiger partial charge in [-0.15, -0.1) is 0 Å². The number of benzene rings is 1. The van der Waals surface area contributed by atoms with Crippen molar-refractivity contribution in [3.05, 3.63) is 46.3 Å². The summed E-state index contributed by atoms with van der Waals surface area (Å²) in [4.78, 5) is 26.2. The number of likely N-dealkylation sites (N-methyl/N-ethyl adjacent to an activating group) is 1. The van der Waals surface area contributed by atoms with Gasteiger partial charge >= 0.3 is 0 Å². The van der Waals surface area contributed by atoms with Gasteiger partial charge in [0, 0.05) is 37.6 Å². The Hall–Kier alpha value is -2.47. The van der Waals surface area contributed by atoms with Crippen LogP contribution in [0.15, 0.2) is 18.2 Å². The summed E-state index contributed by atoms with van der Waals surface area (Å²) in [5.41, 5.74) is 5.74. The fraction of sp³-hybridized carbons (Fsp3) is 0.476. The fourth-order valence-corrected chi connectivity index (χ4v) is 3.65. The molecule has 1 aliphatic rings. The Bertz CT molecular complexity index is 817. The van der Waals surface area contributed by atoms with Crippen LogP contribution in [-0.2, 0) is 0 Å². The number of hydrogen-bond acceptors (Lipinski definition) is 5. The second-order valence-electron chi connectivity index (χ2n) is 7.34. The zero-order valence-corrected chi connectivity index (χ0v) is 17.0. The maximum atomic E-state index is 12.9. The molecule has 0 atom stereocenters. The molecule has 6 heteroatoms. The molecule has 2 aromatic rings. The van der Waals surface area contributed by atoms with Crippen molar-refractivity contribution in [1.82, 2.24) is 19.8 Å². The Morgan fingerprint density at radius 3 is 2.22 bits per heavy atom. The fourth-order valence-electron chi connectivity index (χ4n) is 3.65. The Balaban J connectivity index is 1.82. The third-order valence-corrected chi connectivity index (χ3v) is 5.09. The molecule has 0 radical (unpaired) electrons. The van der Waals surface area contributed by atoms with Crippen molar-refractivity contribution in [2.75, 3.05) is 38.0 Å². The Morgan fingerprint density at radius 1 is 1.00 bits per heavy atom. The average Bonchev–Trinajstić information content (AvgIpc) is 2.63. The number of amides is 1. The molecule has 1 fully saturated rings. The zero-order valence-electron chi connectivity index (χ0n) is 17.0. The highest BCUT2D eigenvalue weighted by atomic mass is 16.2. The van der Waals surface area contributed by atoms with E-state index in [-0.39, 0.29) is 5.91 Å². The summed E-state index contributed by atoms with van der Waals surface area (Å²) in [7, 11) is 0. The lowest BCUT2D eigenvalue weighted by atomic mass is 10.1. The molecule has 0 unspecified atom stereocenters. The van der Waals surface area contributed by atoms with E-state index in [1.807, 2.05) is 11.8 Å². The minimum absolute atomic E-state index is 0.0170. The van der Waals surface area contributed by atoms with Crippen molar-refractivity contribution in [1.29, 1.82) is 0 Å². The zero-order chi connectivity index (χ0) is 19.6. The normalized spacial score (nSPS) is 15.1. The molecule has 1 N–H and O–H groups in total. The van der Waals surface area contributed by atoms with Gasteiger partial charge in [-0.05, 0) is 51.4 Å².